The largest absolute Gasteiger partial charge is 0.462 e. The van der Waals surface area contributed by atoms with Gasteiger partial charge in [-0.15, -0.1) is 11.3 Å². The van der Waals surface area contributed by atoms with Gasteiger partial charge in [0.1, 0.15) is 20.8 Å². The van der Waals surface area contributed by atoms with Gasteiger partial charge in [0.25, 0.3) is 6.47 Å². The van der Waals surface area contributed by atoms with Gasteiger partial charge in [-0.05, 0) is 62.6 Å². The third kappa shape index (κ3) is 5.87. The number of halogens is 1. The average Bonchev–Trinajstić information content (AvgIpc) is 2.77. The zero-order valence-corrected chi connectivity index (χ0v) is 14.4. The smallest absolute Gasteiger partial charge is 0.293 e. The number of nitrogens with one attached hydrogen (secondary N) is 1. The SMILES string of the molecule is CC(C)(C)OC=O.OC1(c2nc(Br)cs2)CCNCC1. The summed E-state index contributed by atoms with van der Waals surface area (Å²) in [6.07, 6.45) is 1.51. The first-order chi connectivity index (χ1) is 9.27. The van der Waals surface area contributed by atoms with Crippen molar-refractivity contribution in [1.82, 2.24) is 10.3 Å². The minimum absolute atomic E-state index is 0.318. The Morgan fingerprint density at radius 1 is 1.50 bits per heavy atom. The number of aliphatic hydroxyl groups is 1. The molecule has 0 aromatic carbocycles. The lowest BCUT2D eigenvalue weighted by Crippen LogP contribution is -2.39. The van der Waals surface area contributed by atoms with Crippen LogP contribution in [0.15, 0.2) is 9.98 Å². The van der Waals surface area contributed by atoms with Gasteiger partial charge in [0.15, 0.2) is 0 Å². The van der Waals surface area contributed by atoms with Crippen LogP contribution >= 0.6 is 27.3 Å². The Hall–Kier alpha value is -0.500. The van der Waals surface area contributed by atoms with E-state index in [1.54, 1.807) is 0 Å². The van der Waals surface area contributed by atoms with Crippen LogP contribution in [0.25, 0.3) is 0 Å². The minimum atomic E-state index is -0.693. The Balaban J connectivity index is 0.000000246. The highest BCUT2D eigenvalue weighted by Gasteiger charge is 2.33. The molecule has 7 heteroatoms. The minimum Gasteiger partial charge on any atom is -0.462 e. The van der Waals surface area contributed by atoms with Crippen LogP contribution in [0.2, 0.25) is 0 Å². The molecule has 1 aromatic heterocycles. The van der Waals surface area contributed by atoms with Crippen molar-refractivity contribution in [3.05, 3.63) is 15.0 Å². The fraction of sp³-hybridized carbons (Fsp3) is 0.692. The quantitative estimate of drug-likeness (QED) is 0.788. The summed E-state index contributed by atoms with van der Waals surface area (Å²) in [6, 6.07) is 0. The molecule has 1 aliphatic heterocycles. The standard InChI is InChI=1S/C8H11BrN2OS.C5H10O2/c9-6-5-13-7(11-6)8(12)1-3-10-4-2-8;1-5(2,3)7-4-6/h5,10,12H,1-4H2;4H,1-3H3. The second-order valence-corrected chi connectivity index (χ2v) is 7.25. The van der Waals surface area contributed by atoms with E-state index >= 15 is 0 Å². The lowest BCUT2D eigenvalue weighted by molar-refractivity contribution is -0.138. The summed E-state index contributed by atoms with van der Waals surface area (Å²) in [4.78, 5) is 13.9. The molecular weight excluding hydrogens is 344 g/mol. The number of hydrogen-bond donors (Lipinski definition) is 2. The van der Waals surface area contributed by atoms with Crippen molar-refractivity contribution in [2.75, 3.05) is 13.1 Å². The first kappa shape index (κ1) is 17.6. The van der Waals surface area contributed by atoms with Gasteiger partial charge < -0.3 is 15.2 Å². The molecule has 0 bridgehead atoms. The van der Waals surface area contributed by atoms with E-state index in [1.807, 2.05) is 26.2 Å². The molecule has 0 spiro atoms. The van der Waals surface area contributed by atoms with Crippen molar-refractivity contribution in [2.45, 2.75) is 44.8 Å². The number of carbonyl (C=O) groups excluding carboxylic acids is 1. The van der Waals surface area contributed by atoms with E-state index in [-0.39, 0.29) is 5.60 Å². The van der Waals surface area contributed by atoms with Crippen LogP contribution < -0.4 is 5.32 Å². The third-order valence-electron chi connectivity index (χ3n) is 2.71. The second-order valence-electron chi connectivity index (χ2n) is 5.58. The van der Waals surface area contributed by atoms with E-state index < -0.39 is 5.60 Å². The van der Waals surface area contributed by atoms with Gasteiger partial charge in [0.05, 0.1) is 0 Å². The lowest BCUT2D eigenvalue weighted by atomic mass is 9.93. The molecule has 0 atom stereocenters. The molecule has 0 aliphatic carbocycles. The van der Waals surface area contributed by atoms with E-state index in [2.05, 4.69) is 31.0 Å². The highest BCUT2D eigenvalue weighted by atomic mass is 79.9. The number of thiazole rings is 1. The zero-order valence-electron chi connectivity index (χ0n) is 12.0. The summed E-state index contributed by atoms with van der Waals surface area (Å²) in [5, 5.41) is 16.2. The van der Waals surface area contributed by atoms with Crippen LogP contribution in [0.4, 0.5) is 0 Å². The lowest BCUT2D eigenvalue weighted by Gasteiger charge is -2.30. The normalized spacial score (nSPS) is 17.9. The molecule has 1 aromatic rings. The molecule has 5 nitrogen and oxygen atoms in total. The molecule has 2 rings (SSSR count). The second kappa shape index (κ2) is 7.49. The van der Waals surface area contributed by atoms with Crippen LogP contribution in [-0.4, -0.2) is 35.3 Å². The molecule has 1 aliphatic rings. The Morgan fingerprint density at radius 2 is 2.10 bits per heavy atom. The van der Waals surface area contributed by atoms with Gasteiger partial charge >= 0.3 is 0 Å². The van der Waals surface area contributed by atoms with E-state index in [9.17, 15) is 9.90 Å². The van der Waals surface area contributed by atoms with E-state index in [0.29, 0.717) is 6.47 Å². The van der Waals surface area contributed by atoms with E-state index in [1.165, 1.54) is 11.3 Å². The summed E-state index contributed by atoms with van der Waals surface area (Å²) < 4.78 is 5.37. The van der Waals surface area contributed by atoms with Crippen molar-refractivity contribution in [2.24, 2.45) is 0 Å². The average molecular weight is 365 g/mol. The molecule has 0 radical (unpaired) electrons. The van der Waals surface area contributed by atoms with Gasteiger partial charge in [0.2, 0.25) is 0 Å². The van der Waals surface area contributed by atoms with Crippen molar-refractivity contribution in [3.8, 4) is 0 Å². The number of piperidine rings is 1. The van der Waals surface area contributed by atoms with Crippen molar-refractivity contribution in [1.29, 1.82) is 0 Å². The number of rotatable bonds is 2. The predicted octanol–water partition coefficient (Wildman–Crippen LogP) is 2.43. The molecule has 0 saturated carbocycles. The summed E-state index contributed by atoms with van der Waals surface area (Å²) >= 11 is 4.81. The summed E-state index contributed by atoms with van der Waals surface area (Å²) in [5.41, 5.74) is -1.01. The highest BCUT2D eigenvalue weighted by Crippen LogP contribution is 2.33. The summed E-state index contributed by atoms with van der Waals surface area (Å²) in [6.45, 7) is 7.66. The molecule has 0 amide bonds. The number of nitrogens with zero attached hydrogens (tertiary/aromatic N) is 1. The zero-order chi connectivity index (χ0) is 15.2. The topological polar surface area (TPSA) is 71.5 Å². The number of aromatic nitrogens is 1. The Bertz CT molecular complexity index is 425. The molecule has 20 heavy (non-hydrogen) atoms. The van der Waals surface area contributed by atoms with Crippen molar-refractivity contribution < 1.29 is 14.6 Å². The maximum atomic E-state index is 10.2. The summed E-state index contributed by atoms with van der Waals surface area (Å²) in [7, 11) is 0. The predicted molar refractivity (Wildman–Crippen MR) is 82.7 cm³/mol. The van der Waals surface area contributed by atoms with Gasteiger partial charge in [-0.25, -0.2) is 4.98 Å². The molecular formula is C13H21BrN2O3S. The van der Waals surface area contributed by atoms with Crippen LogP contribution in [0.1, 0.15) is 38.6 Å². The third-order valence-corrected chi connectivity index (χ3v) is 4.45. The number of hydrogen-bond acceptors (Lipinski definition) is 6. The summed E-state index contributed by atoms with van der Waals surface area (Å²) in [5.74, 6) is 0. The number of carbonyl (C=O) groups is 1. The first-order valence-corrected chi connectivity index (χ1v) is 8.10. The highest BCUT2D eigenvalue weighted by molar-refractivity contribution is 9.10. The van der Waals surface area contributed by atoms with E-state index in [0.717, 1.165) is 35.5 Å². The molecule has 2 N–H and O–H groups in total. The fourth-order valence-electron chi connectivity index (χ4n) is 1.67. The fourth-order valence-corrected chi connectivity index (χ4v) is 3.08. The first-order valence-electron chi connectivity index (χ1n) is 6.43. The van der Waals surface area contributed by atoms with Crippen LogP contribution in [0, 0.1) is 0 Å². The van der Waals surface area contributed by atoms with Gasteiger partial charge in [-0.1, -0.05) is 0 Å². The molecule has 1 fully saturated rings. The molecule has 114 valence electrons. The number of ether oxygens (including phenoxy) is 1. The molecule has 2 heterocycles. The van der Waals surface area contributed by atoms with E-state index in [4.69, 9.17) is 0 Å². The van der Waals surface area contributed by atoms with Crippen molar-refractivity contribution >= 4 is 33.7 Å². The maximum absolute atomic E-state index is 10.2. The molecule has 0 unspecified atom stereocenters. The van der Waals surface area contributed by atoms with Crippen LogP contribution in [0.3, 0.4) is 0 Å². The van der Waals surface area contributed by atoms with Crippen LogP contribution in [-0.2, 0) is 15.1 Å². The Morgan fingerprint density at radius 3 is 2.45 bits per heavy atom. The Kier molecular flexibility index (Phi) is 6.57. The van der Waals surface area contributed by atoms with Crippen LogP contribution in [0.5, 0.6) is 0 Å². The van der Waals surface area contributed by atoms with Gasteiger partial charge in [-0.2, -0.15) is 0 Å². The van der Waals surface area contributed by atoms with Crippen molar-refractivity contribution in [3.63, 3.8) is 0 Å². The van der Waals surface area contributed by atoms with Gasteiger partial charge in [0, 0.05) is 5.38 Å². The monoisotopic (exact) mass is 364 g/mol. The molecule has 1 saturated heterocycles. The Labute approximate surface area is 131 Å². The van der Waals surface area contributed by atoms with Gasteiger partial charge in [-0.3, -0.25) is 4.79 Å². The maximum Gasteiger partial charge on any atom is 0.293 e.